The van der Waals surface area contributed by atoms with Crippen molar-refractivity contribution in [2.45, 2.75) is 44.9 Å². The summed E-state index contributed by atoms with van der Waals surface area (Å²) in [6, 6.07) is 14.7. The van der Waals surface area contributed by atoms with Gasteiger partial charge < -0.3 is 4.42 Å². The number of furan rings is 1. The molecule has 1 aliphatic rings. The highest BCUT2D eigenvalue weighted by Gasteiger charge is 2.26. The summed E-state index contributed by atoms with van der Waals surface area (Å²) >= 11 is 0. The number of rotatable bonds is 2. The van der Waals surface area contributed by atoms with Crippen LogP contribution in [-0.4, -0.2) is 0 Å². The minimum Gasteiger partial charge on any atom is -0.457 e. The summed E-state index contributed by atoms with van der Waals surface area (Å²) in [5.41, 5.74) is 6.95. The maximum atomic E-state index is 8.09. The molecule has 0 bridgehead atoms. The maximum Gasteiger partial charge on any atom is 0.212 e. The smallest absolute Gasteiger partial charge is 0.212 e. The summed E-state index contributed by atoms with van der Waals surface area (Å²) in [6.07, 6.45) is 8.40. The molecule has 4 aromatic rings. The van der Waals surface area contributed by atoms with E-state index in [1.807, 2.05) is 31.4 Å². The lowest BCUT2D eigenvalue weighted by Crippen LogP contribution is -2.30. The average Bonchev–Trinajstić information content (AvgIpc) is 3.12. The first kappa shape index (κ1) is 17.9. The fraction of sp³-hybridized carbons (Fsp3) is 0.308. The van der Waals surface area contributed by atoms with Crippen LogP contribution in [0.25, 0.3) is 38.0 Å². The molecule has 1 saturated carbocycles. The highest BCUT2D eigenvalue weighted by atomic mass is 16.3. The van der Waals surface area contributed by atoms with Crippen LogP contribution in [0.5, 0.6) is 0 Å². The molecule has 0 unspecified atom stereocenters. The number of hydrogen-bond donors (Lipinski definition) is 0. The molecule has 1 aliphatic carbocycles. The summed E-state index contributed by atoms with van der Waals surface area (Å²) in [7, 11) is 2.04. The first-order valence-electron chi connectivity index (χ1n) is 10.5. The predicted octanol–water partition coefficient (Wildman–Crippen LogP) is 6.98. The summed E-state index contributed by atoms with van der Waals surface area (Å²) < 4.78 is 8.37. The van der Waals surface area contributed by atoms with Crippen LogP contribution < -0.4 is 4.57 Å². The number of benzene rings is 2. The Balaban J connectivity index is 1.88. The number of pyridine rings is 1. The topological polar surface area (TPSA) is 21.4 Å². The van der Waals surface area contributed by atoms with Crippen LogP contribution in [0.3, 0.4) is 0 Å². The highest BCUT2D eigenvalue weighted by Crippen LogP contribution is 2.47. The molecule has 144 valence electrons. The van der Waals surface area contributed by atoms with Crippen molar-refractivity contribution in [3.63, 3.8) is 0 Å². The summed E-state index contributed by atoms with van der Waals surface area (Å²) in [4.78, 5) is 4.06. The summed E-state index contributed by atoms with van der Waals surface area (Å²) in [5.74, 6) is 0.560. The van der Waals surface area contributed by atoms with E-state index in [4.69, 9.17) is 11.0 Å². The second-order valence-corrected chi connectivity index (χ2v) is 8.26. The van der Waals surface area contributed by atoms with E-state index in [-0.39, 0.29) is 0 Å². The van der Waals surface area contributed by atoms with Gasteiger partial charge in [0.05, 0.1) is 12.1 Å². The Bertz CT molecular complexity index is 1270. The van der Waals surface area contributed by atoms with E-state index in [1.54, 1.807) is 0 Å². The van der Waals surface area contributed by atoms with Gasteiger partial charge in [0.15, 0.2) is 6.20 Å². The van der Waals surface area contributed by atoms with Crippen LogP contribution in [0.2, 0.25) is 0 Å². The molecule has 0 N–H and O–H groups in total. The first-order chi connectivity index (χ1) is 14.2. The second kappa shape index (κ2) is 7.04. The Morgan fingerprint density at radius 2 is 1.83 bits per heavy atom. The Morgan fingerprint density at radius 3 is 2.59 bits per heavy atom. The quantitative estimate of drug-likeness (QED) is 0.271. The van der Waals surface area contributed by atoms with Gasteiger partial charge in [-0.2, -0.15) is 0 Å². The van der Waals surface area contributed by atoms with Crippen molar-refractivity contribution < 1.29 is 8.98 Å². The third-order valence-electron chi connectivity index (χ3n) is 6.46. The van der Waals surface area contributed by atoms with Crippen molar-refractivity contribution in [1.29, 1.82) is 0 Å². The SMILES string of the molecule is [C-]#[N+]c1c(-c2cccc[n+]2C)c(C)cc2oc3cccc(C4CCCCC4)c3c12. The molecule has 3 heteroatoms. The summed E-state index contributed by atoms with van der Waals surface area (Å²) in [5, 5.41) is 2.14. The lowest BCUT2D eigenvalue weighted by atomic mass is 9.82. The van der Waals surface area contributed by atoms with Crippen molar-refractivity contribution >= 4 is 27.6 Å². The maximum absolute atomic E-state index is 8.09. The molecule has 0 amide bonds. The van der Waals surface area contributed by atoms with E-state index in [2.05, 4.69) is 40.6 Å². The number of aryl methyl sites for hydroxylation is 2. The van der Waals surface area contributed by atoms with Crippen LogP contribution in [0, 0.1) is 13.5 Å². The van der Waals surface area contributed by atoms with E-state index in [0.29, 0.717) is 11.6 Å². The van der Waals surface area contributed by atoms with E-state index in [1.165, 1.54) is 37.7 Å². The molecule has 0 saturated heterocycles. The minimum absolute atomic E-state index is 0.560. The first-order valence-corrected chi connectivity index (χ1v) is 10.5. The van der Waals surface area contributed by atoms with E-state index >= 15 is 0 Å². The zero-order valence-corrected chi connectivity index (χ0v) is 17.0. The third-order valence-corrected chi connectivity index (χ3v) is 6.46. The van der Waals surface area contributed by atoms with Crippen molar-refractivity contribution in [3.8, 4) is 11.3 Å². The molecule has 2 aromatic heterocycles. The molecule has 29 heavy (non-hydrogen) atoms. The molecule has 2 aromatic carbocycles. The van der Waals surface area contributed by atoms with Gasteiger partial charge in [0, 0.05) is 22.9 Å². The standard InChI is InChI=1S/C26H25N2O/c1-17-16-22-25(26(27-2)23(17)20-13-7-8-15-28(20)3)24-19(12-9-14-21(24)29-22)18-10-5-4-6-11-18/h7-9,12-16,18H,4-6,10-11H2,1,3H3/q+1. The van der Waals surface area contributed by atoms with Crippen LogP contribution >= 0.6 is 0 Å². The van der Waals surface area contributed by atoms with Crippen molar-refractivity contribution in [2.75, 3.05) is 0 Å². The van der Waals surface area contributed by atoms with Gasteiger partial charge in [0.25, 0.3) is 0 Å². The van der Waals surface area contributed by atoms with Gasteiger partial charge in [-0.05, 0) is 55.0 Å². The normalized spacial score (nSPS) is 15.1. The Labute approximate surface area is 171 Å². The monoisotopic (exact) mass is 381 g/mol. The van der Waals surface area contributed by atoms with Crippen molar-refractivity contribution in [3.05, 3.63) is 71.2 Å². The van der Waals surface area contributed by atoms with Gasteiger partial charge >= 0.3 is 0 Å². The Morgan fingerprint density at radius 1 is 1.00 bits per heavy atom. The molecule has 0 aliphatic heterocycles. The number of hydrogen-bond acceptors (Lipinski definition) is 1. The molecule has 0 atom stereocenters. The largest absolute Gasteiger partial charge is 0.457 e. The molecular formula is C26H25N2O+. The van der Waals surface area contributed by atoms with Crippen molar-refractivity contribution in [2.24, 2.45) is 7.05 Å². The van der Waals surface area contributed by atoms with Gasteiger partial charge in [-0.1, -0.05) is 31.4 Å². The molecule has 5 rings (SSSR count). The molecular weight excluding hydrogens is 356 g/mol. The van der Waals surface area contributed by atoms with Crippen LogP contribution in [0.4, 0.5) is 5.69 Å². The fourth-order valence-corrected chi connectivity index (χ4v) is 5.08. The lowest BCUT2D eigenvalue weighted by Gasteiger charge is -2.22. The van der Waals surface area contributed by atoms with Gasteiger partial charge in [-0.3, -0.25) is 0 Å². The molecule has 2 heterocycles. The van der Waals surface area contributed by atoms with E-state index < -0.39 is 0 Å². The van der Waals surface area contributed by atoms with Gasteiger partial charge in [0.2, 0.25) is 11.4 Å². The zero-order chi connectivity index (χ0) is 20.0. The van der Waals surface area contributed by atoms with Crippen LogP contribution in [0.15, 0.2) is 53.1 Å². The number of aromatic nitrogens is 1. The van der Waals surface area contributed by atoms with Gasteiger partial charge in [-0.25, -0.2) is 9.41 Å². The Kier molecular flexibility index (Phi) is 4.36. The van der Waals surface area contributed by atoms with Crippen LogP contribution in [0.1, 0.15) is 49.1 Å². The fourth-order valence-electron chi connectivity index (χ4n) is 5.08. The molecule has 3 nitrogen and oxygen atoms in total. The highest BCUT2D eigenvalue weighted by molar-refractivity contribution is 6.16. The second-order valence-electron chi connectivity index (χ2n) is 8.26. The number of fused-ring (bicyclic) bond motifs is 3. The van der Waals surface area contributed by atoms with E-state index in [9.17, 15) is 0 Å². The third kappa shape index (κ3) is 2.83. The van der Waals surface area contributed by atoms with Crippen molar-refractivity contribution in [1.82, 2.24) is 0 Å². The molecule has 1 fully saturated rings. The Hall–Kier alpha value is -3.12. The van der Waals surface area contributed by atoms with Gasteiger partial charge in [0.1, 0.15) is 18.2 Å². The average molecular weight is 381 g/mol. The summed E-state index contributed by atoms with van der Waals surface area (Å²) in [6.45, 7) is 10.2. The predicted molar refractivity (Wildman–Crippen MR) is 117 cm³/mol. The zero-order valence-electron chi connectivity index (χ0n) is 17.0. The molecule has 0 radical (unpaired) electrons. The number of nitrogens with zero attached hydrogens (tertiary/aromatic N) is 2. The van der Waals surface area contributed by atoms with Crippen LogP contribution in [-0.2, 0) is 7.05 Å². The van der Waals surface area contributed by atoms with E-state index in [0.717, 1.165) is 38.8 Å². The molecule has 0 spiro atoms. The van der Waals surface area contributed by atoms with Gasteiger partial charge in [-0.15, -0.1) is 0 Å². The minimum atomic E-state index is 0.560. The lowest BCUT2D eigenvalue weighted by molar-refractivity contribution is -0.660.